The SMILES string of the molecule is N#Cc1ccc(Oc2ccc3c(c2)CC[C@H]3C2SC(=O)NC2=O)c(OC(F)F)c1. The molecule has 4 rings (SSSR count). The largest absolute Gasteiger partial charge is 0.453 e. The van der Waals surface area contributed by atoms with Gasteiger partial charge in [0.05, 0.1) is 11.6 Å². The van der Waals surface area contributed by atoms with Gasteiger partial charge in [0.15, 0.2) is 11.5 Å². The number of carbonyl (C=O) groups excluding carboxylic acids is 2. The average Bonchev–Trinajstić information content (AvgIpc) is 3.24. The summed E-state index contributed by atoms with van der Waals surface area (Å²) in [7, 11) is 0. The van der Waals surface area contributed by atoms with Crippen LogP contribution in [0.5, 0.6) is 17.2 Å². The van der Waals surface area contributed by atoms with Crippen LogP contribution in [0.2, 0.25) is 0 Å². The predicted octanol–water partition coefficient (Wildman–Crippen LogP) is 4.33. The molecule has 1 aliphatic heterocycles. The highest BCUT2D eigenvalue weighted by Gasteiger charge is 2.41. The number of nitriles is 1. The Balaban J connectivity index is 1.57. The maximum atomic E-state index is 12.7. The minimum atomic E-state index is -3.05. The van der Waals surface area contributed by atoms with Crippen molar-refractivity contribution < 1.29 is 27.8 Å². The van der Waals surface area contributed by atoms with Gasteiger partial charge in [0.25, 0.3) is 5.24 Å². The zero-order valence-corrected chi connectivity index (χ0v) is 15.7. The van der Waals surface area contributed by atoms with Gasteiger partial charge in [-0.15, -0.1) is 0 Å². The second-order valence-electron chi connectivity index (χ2n) is 6.57. The fourth-order valence-electron chi connectivity index (χ4n) is 3.62. The molecule has 0 radical (unpaired) electrons. The van der Waals surface area contributed by atoms with E-state index in [2.05, 4.69) is 10.1 Å². The first-order chi connectivity index (χ1) is 13.9. The van der Waals surface area contributed by atoms with Crippen LogP contribution in [-0.4, -0.2) is 23.0 Å². The smallest absolute Gasteiger partial charge is 0.387 e. The molecule has 1 N–H and O–H groups in total. The van der Waals surface area contributed by atoms with Crippen LogP contribution in [0.25, 0.3) is 0 Å². The van der Waals surface area contributed by atoms with Gasteiger partial charge in [-0.1, -0.05) is 17.8 Å². The number of benzene rings is 2. The van der Waals surface area contributed by atoms with Crippen molar-refractivity contribution in [1.29, 1.82) is 5.26 Å². The molecule has 1 fully saturated rings. The highest BCUT2D eigenvalue weighted by Crippen LogP contribution is 2.44. The topological polar surface area (TPSA) is 88.4 Å². The number of amides is 2. The summed E-state index contributed by atoms with van der Waals surface area (Å²) >= 11 is 1.01. The Kier molecular flexibility index (Phi) is 5.11. The quantitative estimate of drug-likeness (QED) is 0.780. The van der Waals surface area contributed by atoms with E-state index in [-0.39, 0.29) is 34.1 Å². The summed E-state index contributed by atoms with van der Waals surface area (Å²) in [5.41, 5.74) is 2.13. The highest BCUT2D eigenvalue weighted by molar-refractivity contribution is 8.15. The van der Waals surface area contributed by atoms with E-state index in [9.17, 15) is 18.4 Å². The normalized spacial score (nSPS) is 20.3. The Labute approximate surface area is 168 Å². The van der Waals surface area contributed by atoms with E-state index in [1.54, 1.807) is 12.1 Å². The number of hydrogen-bond donors (Lipinski definition) is 1. The second kappa shape index (κ2) is 7.72. The lowest BCUT2D eigenvalue weighted by Crippen LogP contribution is -2.27. The molecule has 6 nitrogen and oxygen atoms in total. The summed E-state index contributed by atoms with van der Waals surface area (Å²) in [5, 5.41) is 10.5. The van der Waals surface area contributed by atoms with Crippen LogP contribution in [0.3, 0.4) is 0 Å². The third-order valence-electron chi connectivity index (χ3n) is 4.84. The Morgan fingerprint density at radius 1 is 1.17 bits per heavy atom. The van der Waals surface area contributed by atoms with Crippen LogP contribution in [0, 0.1) is 11.3 Å². The van der Waals surface area contributed by atoms with E-state index >= 15 is 0 Å². The Morgan fingerprint density at radius 3 is 2.69 bits per heavy atom. The van der Waals surface area contributed by atoms with E-state index in [0.717, 1.165) is 29.3 Å². The van der Waals surface area contributed by atoms with Gasteiger partial charge in [-0.2, -0.15) is 14.0 Å². The Hall–Kier alpha value is -3.12. The highest BCUT2D eigenvalue weighted by atomic mass is 32.2. The molecular weight excluding hydrogens is 402 g/mol. The number of rotatable bonds is 5. The van der Waals surface area contributed by atoms with Crippen molar-refractivity contribution in [3.05, 3.63) is 53.1 Å². The molecule has 1 saturated heterocycles. The maximum absolute atomic E-state index is 12.7. The lowest BCUT2D eigenvalue weighted by atomic mass is 9.97. The molecular formula is C20H14F2N2O4S. The number of fused-ring (bicyclic) bond motifs is 1. The Morgan fingerprint density at radius 2 is 2.00 bits per heavy atom. The molecule has 9 heteroatoms. The van der Waals surface area contributed by atoms with Crippen LogP contribution in [-0.2, 0) is 11.2 Å². The zero-order chi connectivity index (χ0) is 20.5. The molecule has 0 aromatic heterocycles. The number of ether oxygens (including phenoxy) is 2. The molecule has 1 aliphatic carbocycles. The number of aryl methyl sites for hydroxylation is 1. The summed E-state index contributed by atoms with van der Waals surface area (Å²) in [5.74, 6) is -0.0781. The lowest BCUT2D eigenvalue weighted by molar-refractivity contribution is -0.119. The van der Waals surface area contributed by atoms with Crippen molar-refractivity contribution in [2.75, 3.05) is 0 Å². The number of thioether (sulfide) groups is 1. The molecule has 0 bridgehead atoms. The van der Waals surface area contributed by atoms with Gasteiger partial charge in [-0.25, -0.2) is 0 Å². The van der Waals surface area contributed by atoms with E-state index in [1.807, 2.05) is 12.1 Å². The number of imide groups is 1. The van der Waals surface area contributed by atoms with Crippen molar-refractivity contribution in [2.24, 2.45) is 0 Å². The Bertz CT molecular complexity index is 1040. The van der Waals surface area contributed by atoms with E-state index in [0.29, 0.717) is 12.2 Å². The van der Waals surface area contributed by atoms with E-state index in [4.69, 9.17) is 10.00 Å². The minimum absolute atomic E-state index is 0.0649. The number of alkyl halides is 2. The summed E-state index contributed by atoms with van der Waals surface area (Å²) in [6, 6.07) is 11.2. The number of halogens is 2. The molecule has 2 aromatic rings. The molecule has 1 heterocycles. The van der Waals surface area contributed by atoms with Crippen LogP contribution in [0.1, 0.15) is 29.0 Å². The zero-order valence-electron chi connectivity index (χ0n) is 14.9. The summed E-state index contributed by atoms with van der Waals surface area (Å²) in [4.78, 5) is 23.5. The van der Waals surface area contributed by atoms with Gasteiger partial charge in [0.2, 0.25) is 5.91 Å². The first-order valence-corrected chi connectivity index (χ1v) is 9.63. The van der Waals surface area contributed by atoms with Gasteiger partial charge >= 0.3 is 6.61 Å². The fourth-order valence-corrected chi connectivity index (χ4v) is 4.62. The molecule has 0 saturated carbocycles. The summed E-state index contributed by atoms with van der Waals surface area (Å²) in [6.45, 7) is -3.05. The van der Waals surface area contributed by atoms with Crippen molar-refractivity contribution in [1.82, 2.24) is 5.32 Å². The van der Waals surface area contributed by atoms with Gasteiger partial charge in [0, 0.05) is 12.0 Å². The first-order valence-electron chi connectivity index (χ1n) is 8.75. The molecule has 148 valence electrons. The fraction of sp³-hybridized carbons (Fsp3) is 0.250. The molecule has 0 spiro atoms. The molecule has 2 aromatic carbocycles. The van der Waals surface area contributed by atoms with Gasteiger partial charge in [0.1, 0.15) is 11.0 Å². The summed E-state index contributed by atoms with van der Waals surface area (Å²) in [6.07, 6.45) is 1.44. The first kappa shape index (κ1) is 19.2. The predicted molar refractivity (Wildman–Crippen MR) is 100 cm³/mol. The third-order valence-corrected chi connectivity index (χ3v) is 5.95. The minimum Gasteiger partial charge on any atom is -0.453 e. The lowest BCUT2D eigenvalue weighted by Gasteiger charge is -2.16. The van der Waals surface area contributed by atoms with Crippen molar-refractivity contribution in [2.45, 2.75) is 30.6 Å². The maximum Gasteiger partial charge on any atom is 0.387 e. The third kappa shape index (κ3) is 3.89. The average molecular weight is 416 g/mol. The molecule has 1 unspecified atom stereocenters. The molecule has 2 amide bonds. The molecule has 2 aliphatic rings. The van der Waals surface area contributed by atoms with E-state index < -0.39 is 11.9 Å². The monoisotopic (exact) mass is 416 g/mol. The number of nitrogens with one attached hydrogen (secondary N) is 1. The van der Waals surface area contributed by atoms with Crippen LogP contribution in [0.15, 0.2) is 36.4 Å². The van der Waals surface area contributed by atoms with E-state index in [1.165, 1.54) is 18.2 Å². The molecule has 2 atom stereocenters. The van der Waals surface area contributed by atoms with Crippen LogP contribution >= 0.6 is 11.8 Å². The van der Waals surface area contributed by atoms with Gasteiger partial charge < -0.3 is 9.47 Å². The van der Waals surface area contributed by atoms with Gasteiger partial charge in [-0.3, -0.25) is 14.9 Å². The number of carbonyl (C=O) groups is 2. The van der Waals surface area contributed by atoms with Crippen LogP contribution < -0.4 is 14.8 Å². The van der Waals surface area contributed by atoms with Gasteiger partial charge in [-0.05, 0) is 48.2 Å². The summed E-state index contributed by atoms with van der Waals surface area (Å²) < 4.78 is 35.6. The van der Waals surface area contributed by atoms with Crippen molar-refractivity contribution in [3.8, 4) is 23.3 Å². The molecule has 29 heavy (non-hydrogen) atoms. The number of nitrogens with zero attached hydrogens (tertiary/aromatic N) is 1. The van der Waals surface area contributed by atoms with Crippen molar-refractivity contribution in [3.63, 3.8) is 0 Å². The second-order valence-corrected chi connectivity index (χ2v) is 7.69. The number of hydrogen-bond acceptors (Lipinski definition) is 6. The standard InChI is InChI=1S/C20H14F2N2O4S/c21-19(22)28-16-7-10(9-23)1-6-15(16)27-12-3-5-13-11(8-12)2-4-14(13)17-18(25)24-20(26)29-17/h1,3,5-8,14,17,19H,2,4H2,(H,24,25,26)/t14-,17?/m1/s1. The van der Waals surface area contributed by atoms with Crippen molar-refractivity contribution >= 4 is 22.9 Å². The van der Waals surface area contributed by atoms with Crippen LogP contribution in [0.4, 0.5) is 13.6 Å².